The zero-order valence-corrected chi connectivity index (χ0v) is 20.4. The highest BCUT2D eigenvalue weighted by Gasteiger charge is 2.26. The Labute approximate surface area is 200 Å². The highest BCUT2D eigenvalue weighted by atomic mass is 32.1. The van der Waals surface area contributed by atoms with Gasteiger partial charge in [-0.25, -0.2) is 9.78 Å². The maximum absolute atomic E-state index is 13.1. The summed E-state index contributed by atoms with van der Waals surface area (Å²) in [5.74, 6) is 0.554. The number of hydrogen-bond acceptors (Lipinski definition) is 8. The van der Waals surface area contributed by atoms with E-state index in [1.54, 1.807) is 29.7 Å². The molecule has 180 valence electrons. The van der Waals surface area contributed by atoms with E-state index in [1.165, 1.54) is 21.1 Å². The van der Waals surface area contributed by atoms with E-state index in [1.807, 2.05) is 0 Å². The second kappa shape index (κ2) is 9.84. The van der Waals surface area contributed by atoms with Crippen LogP contribution in [0, 0.1) is 6.92 Å². The molecule has 1 unspecified atom stereocenters. The third-order valence-electron chi connectivity index (χ3n) is 5.91. The molecular weight excluding hydrogens is 458 g/mol. The van der Waals surface area contributed by atoms with Crippen molar-refractivity contribution in [2.45, 2.75) is 52.2 Å². The predicted molar refractivity (Wildman–Crippen MR) is 129 cm³/mol. The number of benzene rings is 1. The normalized spacial score (nSPS) is 14.1. The Hall–Kier alpha value is -3.40. The van der Waals surface area contributed by atoms with Crippen LogP contribution in [0.4, 0.5) is 5.69 Å². The Morgan fingerprint density at radius 2 is 1.97 bits per heavy atom. The maximum Gasteiger partial charge on any atom is 0.349 e. The van der Waals surface area contributed by atoms with E-state index in [0.717, 1.165) is 42.8 Å². The molecule has 1 amide bonds. The lowest BCUT2D eigenvalue weighted by Gasteiger charge is -2.15. The molecule has 1 atom stereocenters. The summed E-state index contributed by atoms with van der Waals surface area (Å²) in [5, 5.41) is 3.15. The van der Waals surface area contributed by atoms with Gasteiger partial charge in [0.2, 0.25) is 0 Å². The lowest BCUT2D eigenvalue weighted by atomic mass is 10.2. The smallest absolute Gasteiger partial charge is 0.349 e. The first-order valence-corrected chi connectivity index (χ1v) is 11.9. The van der Waals surface area contributed by atoms with E-state index in [-0.39, 0.29) is 10.4 Å². The molecule has 1 aliphatic rings. The van der Waals surface area contributed by atoms with E-state index in [0.29, 0.717) is 39.5 Å². The lowest BCUT2D eigenvalue weighted by Crippen LogP contribution is -2.30. The fourth-order valence-electron chi connectivity index (χ4n) is 4.02. The summed E-state index contributed by atoms with van der Waals surface area (Å²) in [5.41, 5.74) is 0.807. The number of anilines is 1. The summed E-state index contributed by atoms with van der Waals surface area (Å²) in [7, 11) is 3.01. The SMILES string of the molecule is COc1ccc(OC)c(NC(=O)C(C)OC(=O)c2sc3nc4n(c(=O)c3c2C)CCCCC4)c1. The van der Waals surface area contributed by atoms with Gasteiger partial charge in [0.25, 0.3) is 11.5 Å². The Morgan fingerprint density at radius 3 is 2.71 bits per heavy atom. The van der Waals surface area contributed by atoms with Crippen LogP contribution in [0.15, 0.2) is 23.0 Å². The number of methoxy groups -OCH3 is 2. The molecule has 3 heterocycles. The number of thiophene rings is 1. The maximum atomic E-state index is 13.1. The molecule has 9 nitrogen and oxygen atoms in total. The minimum Gasteiger partial charge on any atom is -0.497 e. The van der Waals surface area contributed by atoms with Crippen LogP contribution in [0.1, 0.15) is 47.2 Å². The largest absolute Gasteiger partial charge is 0.497 e. The molecule has 1 aromatic carbocycles. The standard InChI is InChI=1S/C24H27N3O6S/c1-13-19-22(26-18-8-6-5-7-11-27(18)23(19)29)34-20(13)24(30)33-14(2)21(28)25-16-12-15(31-3)9-10-17(16)32-4/h9-10,12,14H,5-8,11H2,1-4H3,(H,25,28). The van der Waals surface area contributed by atoms with Crippen molar-refractivity contribution in [1.29, 1.82) is 0 Å². The first-order valence-electron chi connectivity index (χ1n) is 11.1. The molecule has 10 heteroatoms. The molecule has 4 rings (SSSR count). The molecule has 3 aromatic rings. The van der Waals surface area contributed by atoms with Gasteiger partial charge in [0.1, 0.15) is 27.0 Å². The number of hydrogen-bond donors (Lipinski definition) is 1. The van der Waals surface area contributed by atoms with Crippen molar-refractivity contribution in [2.75, 3.05) is 19.5 Å². The average molecular weight is 486 g/mol. The zero-order chi connectivity index (χ0) is 24.4. The highest BCUT2D eigenvalue weighted by molar-refractivity contribution is 7.20. The Kier molecular flexibility index (Phi) is 6.87. The number of aryl methyl sites for hydroxylation is 2. The molecule has 0 fully saturated rings. The number of esters is 1. The van der Waals surface area contributed by atoms with Crippen LogP contribution >= 0.6 is 11.3 Å². The van der Waals surface area contributed by atoms with Gasteiger partial charge in [-0.2, -0.15) is 0 Å². The van der Waals surface area contributed by atoms with E-state index in [9.17, 15) is 14.4 Å². The summed E-state index contributed by atoms with van der Waals surface area (Å²) < 4.78 is 17.6. The molecule has 0 saturated heterocycles. The molecule has 0 spiro atoms. The van der Waals surface area contributed by atoms with Crippen LogP contribution in [0.5, 0.6) is 11.5 Å². The van der Waals surface area contributed by atoms with Crippen molar-refractivity contribution in [2.24, 2.45) is 0 Å². The van der Waals surface area contributed by atoms with E-state index < -0.39 is 18.0 Å². The quantitative estimate of drug-likeness (QED) is 0.530. The Bertz CT molecular complexity index is 1310. The van der Waals surface area contributed by atoms with Gasteiger partial charge in [-0.05, 0) is 44.4 Å². The highest BCUT2D eigenvalue weighted by Crippen LogP contribution is 2.31. The molecule has 0 bridgehead atoms. The summed E-state index contributed by atoms with van der Waals surface area (Å²) in [4.78, 5) is 44.3. The van der Waals surface area contributed by atoms with Gasteiger partial charge in [-0.3, -0.25) is 14.2 Å². The number of nitrogens with one attached hydrogen (secondary N) is 1. The van der Waals surface area contributed by atoms with Crippen LogP contribution in [-0.4, -0.2) is 41.8 Å². The van der Waals surface area contributed by atoms with Crippen molar-refractivity contribution >= 4 is 39.1 Å². The van der Waals surface area contributed by atoms with Gasteiger partial charge in [0, 0.05) is 19.0 Å². The third kappa shape index (κ3) is 4.50. The number of carbonyl (C=O) groups excluding carboxylic acids is 2. The summed E-state index contributed by atoms with van der Waals surface area (Å²) in [6.07, 6.45) is 2.64. The van der Waals surface area contributed by atoms with Gasteiger partial charge < -0.3 is 19.5 Å². The first-order chi connectivity index (χ1) is 16.3. The predicted octanol–water partition coefficient (Wildman–Crippen LogP) is 3.69. The molecule has 0 aliphatic carbocycles. The molecule has 1 N–H and O–H groups in total. The van der Waals surface area contributed by atoms with Crippen molar-refractivity contribution in [3.05, 3.63) is 44.8 Å². The van der Waals surface area contributed by atoms with Crippen molar-refractivity contribution in [3.63, 3.8) is 0 Å². The zero-order valence-electron chi connectivity index (χ0n) is 19.6. The second-order valence-electron chi connectivity index (χ2n) is 8.13. The molecule has 0 saturated carbocycles. The Balaban J connectivity index is 1.55. The van der Waals surface area contributed by atoms with Gasteiger partial charge in [0.05, 0.1) is 25.3 Å². The van der Waals surface area contributed by atoms with Gasteiger partial charge in [0.15, 0.2) is 6.10 Å². The van der Waals surface area contributed by atoms with Gasteiger partial charge >= 0.3 is 5.97 Å². The summed E-state index contributed by atoms with van der Waals surface area (Å²) >= 11 is 1.13. The van der Waals surface area contributed by atoms with Crippen LogP contribution in [0.3, 0.4) is 0 Å². The van der Waals surface area contributed by atoms with Crippen LogP contribution in [0.25, 0.3) is 10.2 Å². The number of nitrogens with zero attached hydrogens (tertiary/aromatic N) is 2. The summed E-state index contributed by atoms with van der Waals surface area (Å²) in [6, 6.07) is 4.99. The van der Waals surface area contributed by atoms with Gasteiger partial charge in [-0.15, -0.1) is 11.3 Å². The molecular formula is C24H27N3O6S. The van der Waals surface area contributed by atoms with E-state index in [2.05, 4.69) is 10.3 Å². The van der Waals surface area contributed by atoms with Crippen molar-refractivity contribution < 1.29 is 23.8 Å². The van der Waals surface area contributed by atoms with Crippen molar-refractivity contribution in [1.82, 2.24) is 9.55 Å². The fourth-order valence-corrected chi connectivity index (χ4v) is 5.09. The molecule has 34 heavy (non-hydrogen) atoms. The second-order valence-corrected chi connectivity index (χ2v) is 9.13. The van der Waals surface area contributed by atoms with Crippen LogP contribution < -0.4 is 20.3 Å². The number of aromatic nitrogens is 2. The van der Waals surface area contributed by atoms with E-state index >= 15 is 0 Å². The van der Waals surface area contributed by atoms with E-state index in [4.69, 9.17) is 14.2 Å². The molecule has 1 aliphatic heterocycles. The van der Waals surface area contributed by atoms with Crippen LogP contribution in [0.2, 0.25) is 0 Å². The number of rotatable bonds is 6. The fraction of sp³-hybridized carbons (Fsp3) is 0.417. The minimum atomic E-state index is -1.08. The summed E-state index contributed by atoms with van der Waals surface area (Å²) in [6.45, 7) is 3.84. The van der Waals surface area contributed by atoms with Gasteiger partial charge in [-0.1, -0.05) is 6.42 Å². The average Bonchev–Trinajstić information content (AvgIpc) is 2.99. The van der Waals surface area contributed by atoms with Crippen molar-refractivity contribution in [3.8, 4) is 11.5 Å². The molecule has 0 radical (unpaired) electrons. The minimum absolute atomic E-state index is 0.120. The Morgan fingerprint density at radius 1 is 1.18 bits per heavy atom. The number of amides is 1. The number of carbonyl (C=O) groups is 2. The topological polar surface area (TPSA) is 109 Å². The third-order valence-corrected chi connectivity index (χ3v) is 7.08. The lowest BCUT2D eigenvalue weighted by molar-refractivity contribution is -0.123. The monoisotopic (exact) mass is 485 g/mol. The molecule has 2 aromatic heterocycles. The number of ether oxygens (including phenoxy) is 3. The number of fused-ring (bicyclic) bond motifs is 2. The van der Waals surface area contributed by atoms with Crippen LogP contribution in [-0.2, 0) is 22.5 Å². The first kappa shape index (κ1) is 23.7.